The highest BCUT2D eigenvalue weighted by Gasteiger charge is 2.20. The fraction of sp³-hybridized carbons (Fsp3) is 0.206. The van der Waals surface area contributed by atoms with Crippen LogP contribution in [0.25, 0.3) is 0 Å². The summed E-state index contributed by atoms with van der Waals surface area (Å²) in [6, 6.07) is 27.2. The average molecular weight is 710 g/mol. The molecule has 6 N–H and O–H groups in total. The molecule has 0 aliphatic carbocycles. The van der Waals surface area contributed by atoms with Gasteiger partial charge in [-0.05, 0) is 84.4 Å². The summed E-state index contributed by atoms with van der Waals surface area (Å²) in [5, 5.41) is 25.2. The molecular formula is C34H34Cl2N6OS3. The number of nitriles is 1. The number of aliphatic hydroxyl groups is 1. The molecule has 7 nitrogen and oxygen atoms in total. The number of rotatable bonds is 13. The van der Waals surface area contributed by atoms with Gasteiger partial charge in [0.05, 0.1) is 28.2 Å². The number of nitrogens with two attached hydrogens (primary N) is 2. The van der Waals surface area contributed by atoms with Crippen LogP contribution in [-0.4, -0.2) is 35.1 Å². The molecule has 46 heavy (non-hydrogen) atoms. The summed E-state index contributed by atoms with van der Waals surface area (Å²) in [4.78, 5) is 11.5. The van der Waals surface area contributed by atoms with Crippen molar-refractivity contribution in [3.63, 3.8) is 0 Å². The van der Waals surface area contributed by atoms with E-state index in [2.05, 4.69) is 39.6 Å². The maximum atomic E-state index is 9.22. The minimum Gasteiger partial charge on any atom is -0.395 e. The number of nitrogens with zero attached hydrogens (tertiary/aromatic N) is 3. The molecule has 12 heteroatoms. The predicted octanol–water partition coefficient (Wildman–Crippen LogP) is 7.98. The summed E-state index contributed by atoms with van der Waals surface area (Å²) in [6.07, 6.45) is 3.37. The number of benzene rings is 3. The van der Waals surface area contributed by atoms with Gasteiger partial charge in [-0.1, -0.05) is 53.5 Å². The van der Waals surface area contributed by atoms with Gasteiger partial charge in [-0.2, -0.15) is 5.26 Å². The van der Waals surface area contributed by atoms with Crippen LogP contribution < -0.4 is 16.8 Å². The number of hydrogen-bond acceptors (Lipinski definition) is 9. The molecule has 0 spiro atoms. The van der Waals surface area contributed by atoms with Crippen molar-refractivity contribution in [3.05, 3.63) is 132 Å². The first-order valence-electron chi connectivity index (χ1n) is 14.4. The van der Waals surface area contributed by atoms with Crippen LogP contribution in [0.3, 0.4) is 0 Å². The molecule has 5 rings (SSSR count). The lowest BCUT2D eigenvalue weighted by atomic mass is 10.1. The Labute approximate surface area is 291 Å². The van der Waals surface area contributed by atoms with Crippen LogP contribution in [0.4, 0.5) is 5.69 Å². The molecule has 0 fully saturated rings. The third-order valence-electron chi connectivity index (χ3n) is 6.62. The number of nitrogens with one attached hydrogen (secondary N) is 1. The van der Waals surface area contributed by atoms with E-state index in [1.807, 2.05) is 53.9 Å². The van der Waals surface area contributed by atoms with Crippen LogP contribution in [0.15, 0.2) is 106 Å². The van der Waals surface area contributed by atoms with Crippen molar-refractivity contribution in [2.24, 2.45) is 16.5 Å². The van der Waals surface area contributed by atoms with E-state index >= 15 is 0 Å². The Kier molecular flexibility index (Phi) is 14.5. The van der Waals surface area contributed by atoms with Crippen LogP contribution >= 0.6 is 57.6 Å². The van der Waals surface area contributed by atoms with Crippen molar-refractivity contribution < 1.29 is 5.11 Å². The van der Waals surface area contributed by atoms with Crippen LogP contribution in [0, 0.1) is 11.3 Å². The van der Waals surface area contributed by atoms with Gasteiger partial charge in [0.2, 0.25) is 0 Å². The maximum Gasteiger partial charge on any atom is 0.141 e. The van der Waals surface area contributed by atoms with Gasteiger partial charge in [-0.15, -0.1) is 34.4 Å². The molecule has 0 saturated heterocycles. The third-order valence-corrected chi connectivity index (χ3v) is 10.4. The monoisotopic (exact) mass is 708 g/mol. The zero-order valence-corrected chi connectivity index (χ0v) is 28.8. The van der Waals surface area contributed by atoms with Crippen molar-refractivity contribution in [3.8, 4) is 6.07 Å². The molecule has 2 heterocycles. The number of hydrogen-bond donors (Lipinski definition) is 4. The Morgan fingerprint density at radius 3 is 2.50 bits per heavy atom. The van der Waals surface area contributed by atoms with E-state index in [4.69, 9.17) is 39.8 Å². The van der Waals surface area contributed by atoms with E-state index in [0.29, 0.717) is 22.8 Å². The molecule has 0 bridgehead atoms. The average Bonchev–Trinajstić information content (AvgIpc) is 3.80. The molecule has 0 aliphatic heterocycles. The zero-order chi connectivity index (χ0) is 32.7. The van der Waals surface area contributed by atoms with Gasteiger partial charge in [0.25, 0.3) is 0 Å². The second-order valence-electron chi connectivity index (χ2n) is 10.1. The Bertz CT molecular complexity index is 1710. The summed E-state index contributed by atoms with van der Waals surface area (Å²) in [5.74, 6) is 0.561. The van der Waals surface area contributed by atoms with Gasteiger partial charge in [0.1, 0.15) is 11.9 Å². The number of thioether (sulfide) groups is 1. The summed E-state index contributed by atoms with van der Waals surface area (Å²) in [5.41, 5.74) is 17.5. The van der Waals surface area contributed by atoms with Crippen LogP contribution in [0.1, 0.15) is 38.1 Å². The lowest BCUT2D eigenvalue weighted by Gasteiger charge is -2.18. The minimum atomic E-state index is -0.303. The van der Waals surface area contributed by atoms with Gasteiger partial charge < -0.3 is 21.9 Å². The predicted molar refractivity (Wildman–Crippen MR) is 195 cm³/mol. The molecule has 0 radical (unpaired) electrons. The first-order valence-corrected chi connectivity index (χ1v) is 17.8. The number of thiophene rings is 1. The van der Waals surface area contributed by atoms with Crippen molar-refractivity contribution >= 4 is 69.2 Å². The van der Waals surface area contributed by atoms with Crippen LogP contribution in [0.2, 0.25) is 10.0 Å². The van der Waals surface area contributed by atoms with Gasteiger partial charge in [0, 0.05) is 43.9 Å². The molecule has 5 aromatic rings. The first kappa shape index (κ1) is 35.6. The highest BCUT2D eigenvalue weighted by Crippen LogP contribution is 2.41. The highest BCUT2D eigenvalue weighted by molar-refractivity contribution is 7.99. The van der Waals surface area contributed by atoms with E-state index in [9.17, 15) is 5.26 Å². The standard InChI is InChI=1S/C20H20ClN3S.C14H14ClN3OS2/c21-17-4-1-3-16(13-17)14-23-11-10-15-6-8-18(9-7-15)24-20(22)19-5-2-12-25-19;15-10-1-2-12(9(3-10)5-16)21-13(4-11(17)7-19)14-6-18-8-20-14/h1-9,12-13,23H,10-11,14H2,(H2,22,24);1-3,6,8,11,13,19H,4,7,17H2/t;11-,13+/m.0/s1. The number of aliphatic hydroxyl groups excluding tert-OH is 1. The second-order valence-corrected chi connectivity index (χ2v) is 14.1. The Hall–Kier alpha value is -3.24. The van der Waals surface area contributed by atoms with E-state index in [1.54, 1.807) is 58.3 Å². The van der Waals surface area contributed by atoms with E-state index in [0.717, 1.165) is 44.9 Å². The molecule has 2 atom stereocenters. The minimum absolute atomic E-state index is 0.0490. The molecule has 0 amide bonds. The fourth-order valence-electron chi connectivity index (χ4n) is 4.27. The first-order chi connectivity index (χ1) is 22.3. The van der Waals surface area contributed by atoms with Crippen molar-refractivity contribution in [1.29, 1.82) is 5.26 Å². The number of amidine groups is 1. The third kappa shape index (κ3) is 11.5. The molecule has 0 aliphatic rings. The van der Waals surface area contributed by atoms with E-state index < -0.39 is 0 Å². The number of aromatic nitrogens is 1. The summed E-state index contributed by atoms with van der Waals surface area (Å²) < 4.78 is 0. The van der Waals surface area contributed by atoms with E-state index in [1.165, 1.54) is 11.1 Å². The second kappa shape index (κ2) is 18.8. The summed E-state index contributed by atoms with van der Waals surface area (Å²) in [6.45, 7) is 1.66. The summed E-state index contributed by atoms with van der Waals surface area (Å²) >= 11 is 16.6. The maximum absolute atomic E-state index is 9.22. The molecule has 238 valence electrons. The van der Waals surface area contributed by atoms with Gasteiger partial charge >= 0.3 is 0 Å². The van der Waals surface area contributed by atoms with Gasteiger partial charge in [0.15, 0.2) is 0 Å². The lowest BCUT2D eigenvalue weighted by molar-refractivity contribution is 0.260. The molecule has 0 saturated carbocycles. The molecule has 3 aromatic carbocycles. The lowest BCUT2D eigenvalue weighted by Crippen LogP contribution is -2.25. The van der Waals surface area contributed by atoms with Crippen molar-refractivity contribution in [1.82, 2.24) is 10.3 Å². The Morgan fingerprint density at radius 1 is 1.02 bits per heavy atom. The molecule has 2 aromatic heterocycles. The molecular weight excluding hydrogens is 676 g/mol. The topological polar surface area (TPSA) is 133 Å². The van der Waals surface area contributed by atoms with Gasteiger partial charge in [-0.3, -0.25) is 4.98 Å². The fourth-order valence-corrected chi connectivity index (χ4v) is 7.41. The van der Waals surface area contributed by atoms with E-state index in [-0.39, 0.29) is 17.9 Å². The smallest absolute Gasteiger partial charge is 0.141 e. The molecule has 0 unspecified atom stereocenters. The quantitative estimate of drug-likeness (QED) is 0.0422. The number of halogens is 2. The Balaban J connectivity index is 0.000000212. The van der Waals surface area contributed by atoms with Crippen molar-refractivity contribution in [2.75, 3.05) is 13.2 Å². The Morgan fingerprint density at radius 2 is 1.83 bits per heavy atom. The summed E-state index contributed by atoms with van der Waals surface area (Å²) in [7, 11) is 0. The number of aliphatic imine (C=N–C) groups is 1. The van der Waals surface area contributed by atoms with Crippen LogP contribution in [-0.2, 0) is 13.0 Å². The van der Waals surface area contributed by atoms with Crippen LogP contribution in [0.5, 0.6) is 0 Å². The highest BCUT2D eigenvalue weighted by atomic mass is 35.5. The van der Waals surface area contributed by atoms with Crippen molar-refractivity contribution in [2.45, 2.75) is 35.6 Å². The largest absolute Gasteiger partial charge is 0.395 e. The normalized spacial score (nSPS) is 12.5. The van der Waals surface area contributed by atoms with Gasteiger partial charge in [-0.25, -0.2) is 4.99 Å². The number of thiazole rings is 1. The zero-order valence-electron chi connectivity index (χ0n) is 24.9. The SMILES string of the molecule is N#Cc1cc(Cl)ccc1S[C@H](C[C@H](N)CO)c1cncs1.NC(=Nc1ccc(CCNCc2cccc(Cl)c2)cc1)c1cccs1.